The summed E-state index contributed by atoms with van der Waals surface area (Å²) in [5.41, 5.74) is 10.00. The van der Waals surface area contributed by atoms with Crippen LogP contribution < -0.4 is 0 Å². The van der Waals surface area contributed by atoms with Crippen LogP contribution in [0, 0.1) is 10.8 Å². The molecule has 0 unspecified atom stereocenters. The molecule has 43 heavy (non-hydrogen) atoms. The van der Waals surface area contributed by atoms with E-state index in [9.17, 15) is 0 Å². The van der Waals surface area contributed by atoms with E-state index in [1.807, 2.05) is 54.6 Å². The van der Waals surface area contributed by atoms with Crippen molar-refractivity contribution in [1.29, 1.82) is 10.8 Å². The van der Waals surface area contributed by atoms with E-state index in [1.165, 1.54) is 22.3 Å². The minimum Gasteiger partial charge on any atom is -0.299 e. The van der Waals surface area contributed by atoms with Crippen LogP contribution in [0.15, 0.2) is 109 Å². The van der Waals surface area contributed by atoms with Crippen molar-refractivity contribution in [3.63, 3.8) is 0 Å². The van der Waals surface area contributed by atoms with Gasteiger partial charge in [-0.15, -0.1) is 0 Å². The maximum Gasteiger partial charge on any atom is 0.164 e. The molecule has 1 aromatic heterocycles. The Morgan fingerprint density at radius 3 is 2.00 bits per heavy atom. The fraction of sp³-hybridized carbons (Fsp3) is 0.0789. The van der Waals surface area contributed by atoms with Crippen molar-refractivity contribution in [3.8, 4) is 45.3 Å². The van der Waals surface area contributed by atoms with E-state index in [0.29, 0.717) is 17.5 Å². The van der Waals surface area contributed by atoms with Gasteiger partial charge in [0, 0.05) is 27.7 Å². The molecule has 204 valence electrons. The molecule has 0 saturated carbocycles. The summed E-state index contributed by atoms with van der Waals surface area (Å²) in [6.07, 6.45) is 3.59. The first-order valence-corrected chi connectivity index (χ1v) is 14.4. The van der Waals surface area contributed by atoms with E-state index in [4.69, 9.17) is 25.8 Å². The monoisotopic (exact) mass is 553 g/mol. The summed E-state index contributed by atoms with van der Waals surface area (Å²) in [7, 11) is 0. The smallest absolute Gasteiger partial charge is 0.164 e. The molecule has 2 aliphatic carbocycles. The van der Waals surface area contributed by atoms with Gasteiger partial charge >= 0.3 is 0 Å². The van der Waals surface area contributed by atoms with E-state index in [2.05, 4.69) is 68.4 Å². The molecule has 0 bridgehead atoms. The SMILES string of the molecule is CC1(C)c2ccccc2-c2cc(-c3nc(-c4ccccc4)nc(-c4ccc5c6c(ccc5c4)C=CC(=N)C6=N)n3)ccc21. The first-order chi connectivity index (χ1) is 20.9. The highest BCUT2D eigenvalue weighted by Crippen LogP contribution is 2.49. The molecular weight excluding hydrogens is 526 g/mol. The molecule has 6 aromatic rings. The molecule has 2 N–H and O–H groups in total. The van der Waals surface area contributed by atoms with Crippen molar-refractivity contribution in [1.82, 2.24) is 15.0 Å². The lowest BCUT2D eigenvalue weighted by Crippen LogP contribution is -2.16. The Morgan fingerprint density at radius 2 is 1.21 bits per heavy atom. The zero-order valence-corrected chi connectivity index (χ0v) is 23.8. The number of aromatic nitrogens is 3. The van der Waals surface area contributed by atoms with Crippen molar-refractivity contribution >= 4 is 28.3 Å². The van der Waals surface area contributed by atoms with Crippen molar-refractivity contribution in [3.05, 3.63) is 131 Å². The second kappa shape index (κ2) is 9.23. The highest BCUT2D eigenvalue weighted by Gasteiger charge is 2.35. The number of nitrogens with zero attached hydrogens (tertiary/aromatic N) is 3. The Bertz CT molecular complexity index is 2190. The van der Waals surface area contributed by atoms with Gasteiger partial charge in [0.15, 0.2) is 17.5 Å². The molecule has 8 rings (SSSR count). The molecule has 5 heteroatoms. The Hall–Kier alpha value is -5.55. The minimum absolute atomic E-state index is 0.0706. The van der Waals surface area contributed by atoms with E-state index in [-0.39, 0.29) is 16.8 Å². The Balaban J connectivity index is 1.30. The molecule has 0 fully saturated rings. The maximum absolute atomic E-state index is 8.54. The van der Waals surface area contributed by atoms with Gasteiger partial charge in [0.1, 0.15) is 0 Å². The molecule has 1 heterocycles. The van der Waals surface area contributed by atoms with Crippen molar-refractivity contribution in [2.75, 3.05) is 0 Å². The van der Waals surface area contributed by atoms with Crippen molar-refractivity contribution in [2.24, 2.45) is 0 Å². The normalized spacial score (nSPS) is 14.5. The third-order valence-electron chi connectivity index (χ3n) is 8.77. The number of fused-ring (bicyclic) bond motifs is 6. The Labute approximate surface area is 249 Å². The predicted octanol–water partition coefficient (Wildman–Crippen LogP) is 8.75. The van der Waals surface area contributed by atoms with Crippen LogP contribution >= 0.6 is 0 Å². The summed E-state index contributed by atoms with van der Waals surface area (Å²) in [6, 6.07) is 35.4. The van der Waals surface area contributed by atoms with Crippen LogP contribution in [-0.4, -0.2) is 26.4 Å². The van der Waals surface area contributed by atoms with Crippen LogP contribution in [0.5, 0.6) is 0 Å². The standard InChI is InChI=1S/C38H27N5/c1-38(2)30-11-7-6-10-28(30)29-21-26(15-18-31(29)38)37-42-35(23-8-4-3-5-9-23)41-36(43-37)25-14-17-27-24(20-25)13-12-22-16-19-32(39)34(40)33(22)27/h3-21,39-40H,1-2H3. The number of hydrogen-bond acceptors (Lipinski definition) is 5. The van der Waals surface area contributed by atoms with Crippen LogP contribution in [0.25, 0.3) is 62.1 Å². The summed E-state index contributed by atoms with van der Waals surface area (Å²) >= 11 is 0. The molecule has 0 atom stereocenters. The molecule has 2 aliphatic rings. The third kappa shape index (κ3) is 3.89. The number of rotatable bonds is 3. The summed E-state index contributed by atoms with van der Waals surface area (Å²) in [5, 5.41) is 18.6. The second-order valence-corrected chi connectivity index (χ2v) is 11.7. The van der Waals surface area contributed by atoms with E-state index in [1.54, 1.807) is 6.08 Å². The summed E-state index contributed by atoms with van der Waals surface area (Å²) in [4.78, 5) is 14.9. The summed E-state index contributed by atoms with van der Waals surface area (Å²) < 4.78 is 0. The van der Waals surface area contributed by atoms with Gasteiger partial charge in [0.2, 0.25) is 0 Å². The molecule has 0 saturated heterocycles. The van der Waals surface area contributed by atoms with E-state index in [0.717, 1.165) is 38.6 Å². The molecule has 0 spiro atoms. The first kappa shape index (κ1) is 25.2. The Kier molecular flexibility index (Phi) is 5.41. The average Bonchev–Trinajstić information content (AvgIpc) is 3.28. The quantitative estimate of drug-likeness (QED) is 0.230. The van der Waals surface area contributed by atoms with Gasteiger partial charge in [-0.2, -0.15) is 0 Å². The third-order valence-corrected chi connectivity index (χ3v) is 8.77. The fourth-order valence-electron chi connectivity index (χ4n) is 6.50. The highest BCUT2D eigenvalue weighted by atomic mass is 15.0. The lowest BCUT2D eigenvalue weighted by Gasteiger charge is -2.21. The molecule has 0 aliphatic heterocycles. The van der Waals surface area contributed by atoms with Crippen LogP contribution in [0.3, 0.4) is 0 Å². The van der Waals surface area contributed by atoms with Gasteiger partial charge in [0.25, 0.3) is 0 Å². The number of hydrogen-bond donors (Lipinski definition) is 2. The largest absolute Gasteiger partial charge is 0.299 e. The maximum atomic E-state index is 8.54. The van der Waals surface area contributed by atoms with Crippen LogP contribution in [0.2, 0.25) is 0 Å². The average molecular weight is 554 g/mol. The lowest BCUT2D eigenvalue weighted by molar-refractivity contribution is 0.660. The topological polar surface area (TPSA) is 86.4 Å². The van der Waals surface area contributed by atoms with Gasteiger partial charge in [-0.25, -0.2) is 15.0 Å². The lowest BCUT2D eigenvalue weighted by atomic mass is 9.82. The Morgan fingerprint density at radius 1 is 0.558 bits per heavy atom. The molecule has 0 amide bonds. The van der Waals surface area contributed by atoms with Crippen molar-refractivity contribution < 1.29 is 0 Å². The van der Waals surface area contributed by atoms with Gasteiger partial charge in [-0.3, -0.25) is 10.8 Å². The second-order valence-electron chi connectivity index (χ2n) is 11.7. The predicted molar refractivity (Wildman–Crippen MR) is 175 cm³/mol. The molecule has 0 radical (unpaired) electrons. The molecule has 5 aromatic carbocycles. The van der Waals surface area contributed by atoms with Gasteiger partial charge in [-0.05, 0) is 56.8 Å². The number of benzene rings is 5. The fourth-order valence-corrected chi connectivity index (χ4v) is 6.50. The van der Waals surface area contributed by atoms with Gasteiger partial charge in [-0.1, -0.05) is 111 Å². The summed E-state index contributed by atoms with van der Waals surface area (Å²) in [6.45, 7) is 4.56. The first-order valence-electron chi connectivity index (χ1n) is 14.4. The number of nitrogens with one attached hydrogen (secondary N) is 2. The van der Waals surface area contributed by atoms with Crippen LogP contribution in [0.1, 0.15) is 36.1 Å². The zero-order valence-electron chi connectivity index (χ0n) is 23.8. The zero-order chi connectivity index (χ0) is 29.3. The van der Waals surface area contributed by atoms with Crippen LogP contribution in [0.4, 0.5) is 0 Å². The minimum atomic E-state index is -0.0706. The molecular formula is C38H27N5. The van der Waals surface area contributed by atoms with Crippen LogP contribution in [-0.2, 0) is 5.41 Å². The molecule has 5 nitrogen and oxygen atoms in total. The summed E-state index contributed by atoms with van der Waals surface area (Å²) in [5.74, 6) is 1.83. The van der Waals surface area contributed by atoms with Gasteiger partial charge in [0.05, 0.1) is 11.4 Å². The van der Waals surface area contributed by atoms with E-state index < -0.39 is 0 Å². The van der Waals surface area contributed by atoms with E-state index >= 15 is 0 Å². The van der Waals surface area contributed by atoms with Crippen molar-refractivity contribution in [2.45, 2.75) is 19.3 Å². The number of allylic oxidation sites excluding steroid dienone is 1. The van der Waals surface area contributed by atoms with Gasteiger partial charge < -0.3 is 0 Å². The highest BCUT2D eigenvalue weighted by molar-refractivity contribution is 6.53.